The van der Waals surface area contributed by atoms with Gasteiger partial charge in [-0.05, 0) is 53.5 Å². The van der Waals surface area contributed by atoms with Gasteiger partial charge in [-0.2, -0.15) is 4.31 Å². The van der Waals surface area contributed by atoms with Gasteiger partial charge in [-0.15, -0.1) is 11.3 Å². The van der Waals surface area contributed by atoms with Crippen molar-refractivity contribution in [2.45, 2.75) is 43.7 Å². The molecule has 2 aliphatic heterocycles. The van der Waals surface area contributed by atoms with Crippen molar-refractivity contribution in [3.05, 3.63) is 75.6 Å². The summed E-state index contributed by atoms with van der Waals surface area (Å²) in [5.74, 6) is 0.542. The molecule has 2 aromatic heterocycles. The standard InChI is InChI=1S/C25H28N4O3S2/c30-25(24-22(11-15-33-24)34(31,32)29-12-4-1-5-13-29)27-17-19-8-9-23(26-16-19)28-14-10-20-6-2-3-7-21(20)18-28/h2-3,6-9,11,15-16H,1,4-5,10,12-14,17-18H2,(H,27,30). The Labute approximate surface area is 204 Å². The largest absolute Gasteiger partial charge is 0.352 e. The topological polar surface area (TPSA) is 82.6 Å². The monoisotopic (exact) mass is 496 g/mol. The van der Waals surface area contributed by atoms with E-state index in [-0.39, 0.29) is 22.2 Å². The lowest BCUT2D eigenvalue weighted by molar-refractivity contribution is 0.0951. The Morgan fingerprint density at radius 3 is 2.56 bits per heavy atom. The minimum absolute atomic E-state index is 0.107. The first-order valence-electron chi connectivity index (χ1n) is 11.6. The Hall–Kier alpha value is -2.75. The van der Waals surface area contributed by atoms with Crippen molar-refractivity contribution in [1.82, 2.24) is 14.6 Å². The third-order valence-corrected chi connectivity index (χ3v) is 9.47. The zero-order valence-electron chi connectivity index (χ0n) is 18.9. The Balaban J connectivity index is 1.22. The summed E-state index contributed by atoms with van der Waals surface area (Å²) >= 11 is 1.16. The number of carbonyl (C=O) groups excluding carboxylic acids is 1. The molecule has 0 unspecified atom stereocenters. The number of nitrogens with zero attached hydrogens (tertiary/aromatic N) is 3. The van der Waals surface area contributed by atoms with E-state index in [4.69, 9.17) is 0 Å². The summed E-state index contributed by atoms with van der Waals surface area (Å²) in [6.07, 6.45) is 5.53. The average Bonchev–Trinajstić information content (AvgIpc) is 3.39. The van der Waals surface area contributed by atoms with Gasteiger partial charge in [0.2, 0.25) is 10.0 Å². The van der Waals surface area contributed by atoms with E-state index in [2.05, 4.69) is 39.5 Å². The third kappa shape index (κ3) is 4.73. The van der Waals surface area contributed by atoms with Crippen molar-refractivity contribution in [2.24, 2.45) is 0 Å². The molecule has 4 heterocycles. The molecule has 178 valence electrons. The van der Waals surface area contributed by atoms with Crippen LogP contribution in [-0.2, 0) is 29.5 Å². The number of nitrogens with one attached hydrogen (secondary N) is 1. The second kappa shape index (κ2) is 9.85. The van der Waals surface area contributed by atoms with Crippen molar-refractivity contribution >= 4 is 33.1 Å². The number of pyridine rings is 1. The van der Waals surface area contributed by atoms with Crippen LogP contribution in [0.1, 0.15) is 45.6 Å². The molecular weight excluding hydrogens is 468 g/mol. The smallest absolute Gasteiger partial charge is 0.263 e. The molecule has 3 aromatic rings. The number of benzene rings is 1. The van der Waals surface area contributed by atoms with E-state index in [1.54, 1.807) is 11.6 Å². The summed E-state index contributed by atoms with van der Waals surface area (Å²) in [5.41, 5.74) is 3.60. The molecular formula is C25H28N4O3S2. The first-order valence-corrected chi connectivity index (χ1v) is 14.0. The van der Waals surface area contributed by atoms with Gasteiger partial charge < -0.3 is 10.2 Å². The van der Waals surface area contributed by atoms with E-state index < -0.39 is 10.0 Å². The SMILES string of the molecule is O=C(NCc1ccc(N2CCc3ccccc3C2)nc1)c1sccc1S(=O)(=O)N1CCCCC1. The van der Waals surface area contributed by atoms with E-state index in [1.165, 1.54) is 21.5 Å². The fourth-order valence-electron chi connectivity index (χ4n) is 4.57. The Morgan fingerprint density at radius 1 is 1.00 bits per heavy atom. The molecule has 0 atom stereocenters. The number of hydrogen-bond donors (Lipinski definition) is 1. The lowest BCUT2D eigenvalue weighted by Crippen LogP contribution is -2.36. The molecule has 1 fully saturated rings. The molecule has 1 saturated heterocycles. The van der Waals surface area contributed by atoms with E-state index in [0.717, 1.165) is 61.5 Å². The highest BCUT2D eigenvalue weighted by Crippen LogP contribution is 2.27. The van der Waals surface area contributed by atoms with E-state index in [9.17, 15) is 13.2 Å². The number of amides is 1. The lowest BCUT2D eigenvalue weighted by Gasteiger charge is -2.29. The van der Waals surface area contributed by atoms with Gasteiger partial charge >= 0.3 is 0 Å². The van der Waals surface area contributed by atoms with Gasteiger partial charge in [0.1, 0.15) is 15.6 Å². The molecule has 1 amide bonds. The number of piperidine rings is 1. The summed E-state index contributed by atoms with van der Waals surface area (Å²) in [5, 5.41) is 4.53. The van der Waals surface area contributed by atoms with Gasteiger partial charge in [-0.25, -0.2) is 13.4 Å². The Kier molecular flexibility index (Phi) is 6.67. The second-order valence-electron chi connectivity index (χ2n) is 8.73. The molecule has 1 N–H and O–H groups in total. The van der Waals surface area contributed by atoms with Crippen molar-refractivity contribution in [3.63, 3.8) is 0 Å². The summed E-state index contributed by atoms with van der Waals surface area (Å²) < 4.78 is 27.6. The highest BCUT2D eigenvalue weighted by Gasteiger charge is 2.31. The highest BCUT2D eigenvalue weighted by atomic mass is 32.2. The van der Waals surface area contributed by atoms with Crippen molar-refractivity contribution in [2.75, 3.05) is 24.5 Å². The molecule has 2 aliphatic rings. The van der Waals surface area contributed by atoms with E-state index >= 15 is 0 Å². The number of fused-ring (bicyclic) bond motifs is 1. The van der Waals surface area contributed by atoms with Crippen LogP contribution in [0.15, 0.2) is 58.9 Å². The van der Waals surface area contributed by atoms with Gasteiger partial charge in [0.15, 0.2) is 0 Å². The second-order valence-corrected chi connectivity index (χ2v) is 11.5. The van der Waals surface area contributed by atoms with Crippen LogP contribution in [0.2, 0.25) is 0 Å². The van der Waals surface area contributed by atoms with Gasteiger partial charge in [0.25, 0.3) is 5.91 Å². The molecule has 1 aromatic carbocycles. The maximum Gasteiger partial charge on any atom is 0.263 e. The van der Waals surface area contributed by atoms with Crippen molar-refractivity contribution < 1.29 is 13.2 Å². The number of thiophene rings is 1. The summed E-state index contributed by atoms with van der Waals surface area (Å²) in [6, 6.07) is 14.0. The van der Waals surface area contributed by atoms with E-state index in [1.807, 2.05) is 12.1 Å². The summed E-state index contributed by atoms with van der Waals surface area (Å²) in [7, 11) is -3.65. The predicted octanol–water partition coefficient (Wildman–Crippen LogP) is 3.81. The van der Waals surface area contributed by atoms with Crippen molar-refractivity contribution in [1.29, 1.82) is 0 Å². The molecule has 5 rings (SSSR count). The van der Waals surface area contributed by atoms with Gasteiger partial charge in [-0.1, -0.05) is 36.8 Å². The summed E-state index contributed by atoms with van der Waals surface area (Å²) in [4.78, 5) is 20.1. The molecule has 0 radical (unpaired) electrons. The minimum Gasteiger partial charge on any atom is -0.352 e. The molecule has 34 heavy (non-hydrogen) atoms. The minimum atomic E-state index is -3.65. The van der Waals surface area contributed by atoms with Crippen LogP contribution in [0.4, 0.5) is 5.82 Å². The number of sulfonamides is 1. The Bertz CT molecular complexity index is 1270. The first-order chi connectivity index (χ1) is 16.5. The maximum atomic E-state index is 13.1. The van der Waals surface area contributed by atoms with Crippen molar-refractivity contribution in [3.8, 4) is 0 Å². The van der Waals surface area contributed by atoms with Crippen LogP contribution in [0.25, 0.3) is 0 Å². The fraction of sp³-hybridized carbons (Fsp3) is 0.360. The average molecular weight is 497 g/mol. The molecule has 7 nitrogen and oxygen atoms in total. The predicted molar refractivity (Wildman–Crippen MR) is 134 cm³/mol. The maximum absolute atomic E-state index is 13.1. The van der Waals surface area contributed by atoms with Crippen LogP contribution in [-0.4, -0.2) is 43.2 Å². The van der Waals surface area contributed by atoms with Crippen LogP contribution in [0, 0.1) is 0 Å². The molecule has 0 saturated carbocycles. The van der Waals surface area contributed by atoms with Crippen LogP contribution in [0.3, 0.4) is 0 Å². The number of rotatable bonds is 6. The molecule has 0 bridgehead atoms. The Morgan fingerprint density at radius 2 is 1.79 bits per heavy atom. The lowest BCUT2D eigenvalue weighted by atomic mass is 10.00. The summed E-state index contributed by atoms with van der Waals surface area (Å²) in [6.45, 7) is 3.08. The normalized spacial score (nSPS) is 16.8. The van der Waals surface area contributed by atoms with Crippen LogP contribution in [0.5, 0.6) is 0 Å². The zero-order valence-corrected chi connectivity index (χ0v) is 20.6. The van der Waals surface area contributed by atoms with Gasteiger partial charge in [0, 0.05) is 38.9 Å². The number of aromatic nitrogens is 1. The molecule has 0 spiro atoms. The van der Waals surface area contributed by atoms with Gasteiger partial charge in [-0.3, -0.25) is 4.79 Å². The van der Waals surface area contributed by atoms with Gasteiger partial charge in [0.05, 0.1) is 0 Å². The molecule has 0 aliphatic carbocycles. The third-order valence-electron chi connectivity index (χ3n) is 6.49. The van der Waals surface area contributed by atoms with E-state index in [0.29, 0.717) is 13.1 Å². The quantitative estimate of drug-likeness (QED) is 0.561. The van der Waals surface area contributed by atoms with Crippen LogP contribution >= 0.6 is 11.3 Å². The number of anilines is 1. The van der Waals surface area contributed by atoms with Crippen LogP contribution < -0.4 is 10.2 Å². The first kappa shape index (κ1) is 23.0. The number of hydrogen-bond acceptors (Lipinski definition) is 6. The highest BCUT2D eigenvalue weighted by molar-refractivity contribution is 7.89. The fourth-order valence-corrected chi connectivity index (χ4v) is 7.41. The zero-order chi connectivity index (χ0) is 23.5. The number of carbonyl (C=O) groups is 1. The molecule has 9 heteroatoms.